The minimum Gasteiger partial charge on any atom is -0.497 e. The summed E-state index contributed by atoms with van der Waals surface area (Å²) in [6.07, 6.45) is 0. The molecular formula is C33H31N5O4. The Balaban J connectivity index is 1.19. The Morgan fingerprint density at radius 1 is 0.857 bits per heavy atom. The highest BCUT2D eigenvalue weighted by Gasteiger charge is 2.24. The van der Waals surface area contributed by atoms with Crippen LogP contribution in [0.4, 0.5) is 11.5 Å². The third-order valence-electron chi connectivity index (χ3n) is 6.77. The number of nitrogens with zero attached hydrogens (tertiary/aromatic N) is 4. The van der Waals surface area contributed by atoms with Crippen LogP contribution in [0.5, 0.6) is 11.5 Å². The number of carbonyl (C=O) groups is 2. The highest BCUT2D eigenvalue weighted by molar-refractivity contribution is 6.02. The molecule has 0 atom stereocenters. The number of anilines is 2. The number of rotatable bonds is 7. The van der Waals surface area contributed by atoms with Crippen LogP contribution in [0, 0.1) is 11.8 Å². The van der Waals surface area contributed by atoms with Gasteiger partial charge in [0.2, 0.25) is 0 Å². The van der Waals surface area contributed by atoms with Crippen molar-refractivity contribution in [1.29, 1.82) is 0 Å². The lowest BCUT2D eigenvalue weighted by Gasteiger charge is -2.35. The molecule has 1 aliphatic rings. The Hall–Kier alpha value is -5.36. The lowest BCUT2D eigenvalue weighted by molar-refractivity contribution is 0.0746. The van der Waals surface area contributed by atoms with Crippen molar-refractivity contribution in [3.8, 4) is 23.3 Å². The second-order valence-electron chi connectivity index (χ2n) is 9.50. The molecule has 2 heterocycles. The van der Waals surface area contributed by atoms with Crippen LogP contribution >= 0.6 is 0 Å². The number of piperazine rings is 1. The quantitative estimate of drug-likeness (QED) is 0.332. The molecule has 1 N–H and O–H groups in total. The van der Waals surface area contributed by atoms with E-state index in [2.05, 4.69) is 32.3 Å². The van der Waals surface area contributed by atoms with Crippen LogP contribution in [0.3, 0.4) is 0 Å². The molecule has 0 radical (unpaired) electrons. The standard InChI is InChI=1S/C33H31N5O4/c1-3-42-28-9-6-7-24(23-28)11-12-25-8-4-5-10-29(25)33(40)38-21-19-37(20-22-38)31-18-17-30(35-36-31)32(39)34-26-13-15-27(41-2)16-14-26/h4-10,13-18,23H,3,19-22H2,1-2H3,(H,34,39). The Morgan fingerprint density at radius 2 is 1.64 bits per heavy atom. The van der Waals surface area contributed by atoms with Crippen molar-refractivity contribution in [3.63, 3.8) is 0 Å². The highest BCUT2D eigenvalue weighted by atomic mass is 16.5. The van der Waals surface area contributed by atoms with E-state index in [9.17, 15) is 9.59 Å². The number of nitrogens with one attached hydrogen (secondary N) is 1. The van der Waals surface area contributed by atoms with Gasteiger partial charge in [-0.05, 0) is 73.7 Å². The number of amides is 2. The monoisotopic (exact) mass is 561 g/mol. The molecule has 3 aromatic carbocycles. The summed E-state index contributed by atoms with van der Waals surface area (Å²) >= 11 is 0. The first kappa shape index (κ1) is 28.2. The molecule has 9 nitrogen and oxygen atoms in total. The van der Waals surface area contributed by atoms with Gasteiger partial charge in [0, 0.05) is 43.0 Å². The molecule has 42 heavy (non-hydrogen) atoms. The van der Waals surface area contributed by atoms with Crippen LogP contribution in [0.2, 0.25) is 0 Å². The fraction of sp³-hybridized carbons (Fsp3) is 0.212. The smallest absolute Gasteiger partial charge is 0.276 e. The molecule has 212 valence electrons. The largest absolute Gasteiger partial charge is 0.497 e. The van der Waals surface area contributed by atoms with Crippen LogP contribution in [-0.4, -0.2) is 66.8 Å². The first-order valence-electron chi connectivity index (χ1n) is 13.7. The number of aromatic nitrogens is 2. The molecule has 1 aromatic heterocycles. The highest BCUT2D eigenvalue weighted by Crippen LogP contribution is 2.19. The van der Waals surface area contributed by atoms with Crippen molar-refractivity contribution in [2.75, 3.05) is 50.1 Å². The third kappa shape index (κ3) is 6.85. The van der Waals surface area contributed by atoms with Gasteiger partial charge in [0.15, 0.2) is 11.5 Å². The molecule has 1 saturated heterocycles. The number of hydrogen-bond donors (Lipinski definition) is 1. The van der Waals surface area contributed by atoms with E-state index in [1.54, 1.807) is 43.5 Å². The van der Waals surface area contributed by atoms with Crippen molar-refractivity contribution in [2.45, 2.75) is 6.92 Å². The van der Waals surface area contributed by atoms with Gasteiger partial charge in [-0.1, -0.05) is 30.0 Å². The van der Waals surface area contributed by atoms with E-state index in [4.69, 9.17) is 9.47 Å². The van der Waals surface area contributed by atoms with Gasteiger partial charge in [-0.3, -0.25) is 9.59 Å². The molecule has 4 aromatic rings. The van der Waals surface area contributed by atoms with Crippen molar-refractivity contribution >= 4 is 23.3 Å². The normalized spacial score (nSPS) is 12.6. The second kappa shape index (κ2) is 13.3. The number of methoxy groups -OCH3 is 1. The molecule has 9 heteroatoms. The van der Waals surface area contributed by atoms with Crippen LogP contribution < -0.4 is 19.7 Å². The maximum absolute atomic E-state index is 13.5. The zero-order valence-electron chi connectivity index (χ0n) is 23.5. The summed E-state index contributed by atoms with van der Waals surface area (Å²) in [7, 11) is 1.59. The Kier molecular flexibility index (Phi) is 8.94. The Morgan fingerprint density at radius 3 is 2.36 bits per heavy atom. The lowest BCUT2D eigenvalue weighted by Crippen LogP contribution is -2.49. The van der Waals surface area contributed by atoms with Gasteiger partial charge in [0.25, 0.3) is 11.8 Å². The zero-order valence-corrected chi connectivity index (χ0v) is 23.5. The molecule has 1 aliphatic heterocycles. The van der Waals surface area contributed by atoms with Crippen LogP contribution in [0.15, 0.2) is 84.9 Å². The van der Waals surface area contributed by atoms with Gasteiger partial charge >= 0.3 is 0 Å². The average molecular weight is 562 g/mol. The number of ether oxygens (including phenoxy) is 2. The SMILES string of the molecule is CCOc1cccc(C#Cc2ccccc2C(=O)N2CCN(c3ccc(C(=O)Nc4ccc(OC)cc4)nn3)CC2)c1. The van der Waals surface area contributed by atoms with Gasteiger partial charge < -0.3 is 24.6 Å². The van der Waals surface area contributed by atoms with E-state index in [1.165, 1.54) is 0 Å². The van der Waals surface area contributed by atoms with Gasteiger partial charge in [0.1, 0.15) is 11.5 Å². The van der Waals surface area contributed by atoms with Crippen molar-refractivity contribution in [2.24, 2.45) is 0 Å². The average Bonchev–Trinajstić information content (AvgIpc) is 3.04. The van der Waals surface area contributed by atoms with E-state index in [0.29, 0.717) is 61.2 Å². The van der Waals surface area contributed by atoms with Crippen LogP contribution in [0.1, 0.15) is 38.9 Å². The van der Waals surface area contributed by atoms with Gasteiger partial charge in [-0.15, -0.1) is 10.2 Å². The van der Waals surface area contributed by atoms with Crippen molar-refractivity contribution in [3.05, 3.63) is 107 Å². The number of carbonyl (C=O) groups excluding carboxylic acids is 2. The summed E-state index contributed by atoms with van der Waals surface area (Å²) in [5.41, 5.74) is 2.93. The van der Waals surface area contributed by atoms with E-state index < -0.39 is 0 Å². The van der Waals surface area contributed by atoms with E-state index in [-0.39, 0.29) is 17.5 Å². The first-order chi connectivity index (χ1) is 20.5. The van der Waals surface area contributed by atoms with Gasteiger partial charge in [0.05, 0.1) is 19.3 Å². The first-order valence-corrected chi connectivity index (χ1v) is 13.7. The molecule has 2 amide bonds. The fourth-order valence-corrected chi connectivity index (χ4v) is 4.54. The number of benzene rings is 3. The van der Waals surface area contributed by atoms with Crippen LogP contribution in [-0.2, 0) is 0 Å². The zero-order chi connectivity index (χ0) is 29.3. The summed E-state index contributed by atoms with van der Waals surface area (Å²) in [5, 5.41) is 11.2. The van der Waals surface area contributed by atoms with Gasteiger partial charge in [-0.2, -0.15) is 0 Å². The molecule has 0 bridgehead atoms. The molecule has 5 rings (SSSR count). The summed E-state index contributed by atoms with van der Waals surface area (Å²) in [4.78, 5) is 29.9. The maximum Gasteiger partial charge on any atom is 0.276 e. The fourth-order valence-electron chi connectivity index (χ4n) is 4.54. The van der Waals surface area contributed by atoms with E-state index in [0.717, 1.165) is 11.3 Å². The summed E-state index contributed by atoms with van der Waals surface area (Å²) in [5.74, 6) is 8.05. The molecule has 0 unspecified atom stereocenters. The predicted molar refractivity (Wildman–Crippen MR) is 161 cm³/mol. The Labute approximate surface area is 245 Å². The van der Waals surface area contributed by atoms with Crippen molar-refractivity contribution in [1.82, 2.24) is 15.1 Å². The summed E-state index contributed by atoms with van der Waals surface area (Å²) < 4.78 is 10.7. The molecule has 0 saturated carbocycles. The van der Waals surface area contributed by atoms with E-state index >= 15 is 0 Å². The maximum atomic E-state index is 13.5. The molecular weight excluding hydrogens is 530 g/mol. The molecule has 0 spiro atoms. The molecule has 1 fully saturated rings. The lowest BCUT2D eigenvalue weighted by atomic mass is 10.1. The summed E-state index contributed by atoms with van der Waals surface area (Å²) in [6, 6.07) is 25.5. The van der Waals surface area contributed by atoms with E-state index in [1.807, 2.05) is 60.4 Å². The summed E-state index contributed by atoms with van der Waals surface area (Å²) in [6.45, 7) is 4.76. The third-order valence-corrected chi connectivity index (χ3v) is 6.77. The molecule has 0 aliphatic carbocycles. The number of hydrogen-bond acceptors (Lipinski definition) is 7. The van der Waals surface area contributed by atoms with Crippen LogP contribution in [0.25, 0.3) is 0 Å². The minimum atomic E-state index is -0.349. The topological polar surface area (TPSA) is 96.9 Å². The van der Waals surface area contributed by atoms with Gasteiger partial charge in [-0.25, -0.2) is 0 Å². The minimum absolute atomic E-state index is 0.0562. The second-order valence-corrected chi connectivity index (χ2v) is 9.50. The predicted octanol–water partition coefficient (Wildman–Crippen LogP) is 4.50. The van der Waals surface area contributed by atoms with Crippen molar-refractivity contribution < 1.29 is 19.1 Å². The Bertz CT molecular complexity index is 1600.